The summed E-state index contributed by atoms with van der Waals surface area (Å²) in [4.78, 5) is 26.2. The Morgan fingerprint density at radius 1 is 0.875 bits per heavy atom. The minimum Gasteiger partial charge on any atom is -0.496 e. The highest BCUT2D eigenvalue weighted by atomic mass is 16.5. The first-order chi connectivity index (χ1) is 15.3. The van der Waals surface area contributed by atoms with E-state index in [0.29, 0.717) is 28.4 Å². The third kappa shape index (κ3) is 5.38. The maximum absolute atomic E-state index is 13.6. The minimum absolute atomic E-state index is 0.0605. The molecule has 0 aliphatic rings. The van der Waals surface area contributed by atoms with E-state index in [9.17, 15) is 9.59 Å². The maximum atomic E-state index is 13.6. The van der Waals surface area contributed by atoms with Crippen LogP contribution in [0.15, 0.2) is 53.6 Å². The van der Waals surface area contributed by atoms with Crippen LogP contribution in [-0.2, 0) is 14.3 Å². The van der Waals surface area contributed by atoms with Gasteiger partial charge >= 0.3 is 5.97 Å². The molecule has 0 bridgehead atoms. The van der Waals surface area contributed by atoms with Gasteiger partial charge in [0.1, 0.15) is 22.8 Å². The highest BCUT2D eigenvalue weighted by molar-refractivity contribution is 6.28. The van der Waals surface area contributed by atoms with Gasteiger partial charge < -0.3 is 18.9 Å². The van der Waals surface area contributed by atoms with Crippen LogP contribution >= 0.6 is 0 Å². The largest absolute Gasteiger partial charge is 0.496 e. The van der Waals surface area contributed by atoms with Crippen molar-refractivity contribution in [2.45, 2.75) is 20.8 Å². The van der Waals surface area contributed by atoms with E-state index < -0.39 is 11.8 Å². The number of esters is 1. The van der Waals surface area contributed by atoms with E-state index >= 15 is 0 Å². The Morgan fingerprint density at radius 3 is 1.88 bits per heavy atom. The monoisotopic (exact) mass is 438 g/mol. The number of Topliss-reactive ketones (excluding diaryl/α,β-unsaturated/α-hetero) is 1. The van der Waals surface area contributed by atoms with Crippen molar-refractivity contribution in [2.75, 3.05) is 28.4 Å². The lowest BCUT2D eigenvalue weighted by Crippen LogP contribution is -2.17. The first-order valence-electron chi connectivity index (χ1n) is 10.2. The zero-order valence-electron chi connectivity index (χ0n) is 19.6. The van der Waals surface area contributed by atoms with Crippen molar-refractivity contribution in [3.63, 3.8) is 0 Å². The predicted octanol–water partition coefficient (Wildman–Crippen LogP) is 4.97. The number of hydrogen-bond donors (Lipinski definition) is 0. The van der Waals surface area contributed by atoms with Crippen molar-refractivity contribution < 1.29 is 28.5 Å². The molecule has 6 nitrogen and oxygen atoms in total. The number of rotatable bonds is 9. The topological polar surface area (TPSA) is 71.1 Å². The molecule has 0 spiro atoms. The number of benzene rings is 2. The SMILES string of the molecule is COC(=O)/C(=C\c1c(OC)cc(OC)cc1OC)C(=O)/C(C)=C(\c1ccccc1)C(C)C. The van der Waals surface area contributed by atoms with Crippen LogP contribution in [0.3, 0.4) is 0 Å². The Morgan fingerprint density at radius 2 is 1.44 bits per heavy atom. The molecule has 0 N–H and O–H groups in total. The first-order valence-corrected chi connectivity index (χ1v) is 10.2. The van der Waals surface area contributed by atoms with Gasteiger partial charge in [-0.3, -0.25) is 4.79 Å². The zero-order chi connectivity index (χ0) is 23.8. The Labute approximate surface area is 189 Å². The Hall–Kier alpha value is -3.54. The molecule has 0 aliphatic heterocycles. The lowest BCUT2D eigenvalue weighted by molar-refractivity contribution is -0.137. The standard InChI is InChI=1S/C26H30O6/c1-16(2)24(18-11-9-8-10-12-18)17(3)25(27)21(26(28)32-7)15-20-22(30-5)13-19(29-4)14-23(20)31-6/h8-16H,1-7H3/b21-15-,24-17-. The molecule has 2 aromatic rings. The molecule has 0 aromatic heterocycles. The highest BCUT2D eigenvalue weighted by Gasteiger charge is 2.26. The summed E-state index contributed by atoms with van der Waals surface area (Å²) in [5.74, 6) is 0.192. The van der Waals surface area contributed by atoms with E-state index in [1.807, 2.05) is 44.2 Å². The molecule has 0 saturated heterocycles. The molecule has 0 radical (unpaired) electrons. The van der Waals surface area contributed by atoms with Crippen LogP contribution in [0.25, 0.3) is 11.6 Å². The van der Waals surface area contributed by atoms with E-state index in [1.165, 1.54) is 34.5 Å². The Balaban J connectivity index is 2.74. The van der Waals surface area contributed by atoms with Crippen molar-refractivity contribution in [1.29, 1.82) is 0 Å². The molecule has 6 heteroatoms. The van der Waals surface area contributed by atoms with Crippen molar-refractivity contribution in [2.24, 2.45) is 5.92 Å². The van der Waals surface area contributed by atoms with Gasteiger partial charge in [-0.25, -0.2) is 4.79 Å². The second kappa shape index (κ2) is 11.2. The molecule has 0 aliphatic carbocycles. The number of allylic oxidation sites excluding steroid dienone is 2. The predicted molar refractivity (Wildman–Crippen MR) is 125 cm³/mol. The minimum atomic E-state index is -0.745. The van der Waals surface area contributed by atoms with Gasteiger partial charge in [-0.2, -0.15) is 0 Å². The molecule has 2 aromatic carbocycles. The fraction of sp³-hybridized carbons (Fsp3) is 0.308. The molecule has 170 valence electrons. The van der Waals surface area contributed by atoms with Crippen molar-refractivity contribution in [3.8, 4) is 17.2 Å². The summed E-state index contributed by atoms with van der Waals surface area (Å²) in [6.45, 7) is 5.75. The summed E-state index contributed by atoms with van der Waals surface area (Å²) in [5, 5.41) is 0. The van der Waals surface area contributed by atoms with Gasteiger partial charge in [0.15, 0.2) is 5.78 Å². The number of methoxy groups -OCH3 is 4. The second-order valence-corrected chi connectivity index (χ2v) is 7.38. The lowest BCUT2D eigenvalue weighted by atomic mass is 9.87. The molecule has 0 saturated carbocycles. The quantitative estimate of drug-likeness (QED) is 0.238. The van der Waals surface area contributed by atoms with Gasteiger partial charge in [0.2, 0.25) is 0 Å². The van der Waals surface area contributed by atoms with Crippen LogP contribution in [0.4, 0.5) is 0 Å². The van der Waals surface area contributed by atoms with Crippen molar-refractivity contribution in [1.82, 2.24) is 0 Å². The molecule has 0 atom stereocenters. The number of carbonyl (C=O) groups excluding carboxylic acids is 2. The van der Waals surface area contributed by atoms with Crippen LogP contribution < -0.4 is 14.2 Å². The fourth-order valence-corrected chi connectivity index (χ4v) is 3.57. The summed E-state index contributed by atoms with van der Waals surface area (Å²) in [6.07, 6.45) is 1.44. The van der Waals surface area contributed by atoms with Gasteiger partial charge in [-0.05, 0) is 30.1 Å². The number of hydrogen-bond acceptors (Lipinski definition) is 6. The maximum Gasteiger partial charge on any atom is 0.341 e. The van der Waals surface area contributed by atoms with Crippen LogP contribution in [0, 0.1) is 5.92 Å². The lowest BCUT2D eigenvalue weighted by Gasteiger charge is -2.17. The fourth-order valence-electron chi connectivity index (χ4n) is 3.57. The third-order valence-electron chi connectivity index (χ3n) is 5.10. The van der Waals surface area contributed by atoms with E-state index in [-0.39, 0.29) is 11.5 Å². The molecule has 0 heterocycles. The van der Waals surface area contributed by atoms with Crippen molar-refractivity contribution >= 4 is 23.4 Å². The smallest absolute Gasteiger partial charge is 0.341 e. The molecule has 2 rings (SSSR count). The highest BCUT2D eigenvalue weighted by Crippen LogP contribution is 2.36. The van der Waals surface area contributed by atoms with E-state index in [2.05, 4.69) is 0 Å². The number of carbonyl (C=O) groups is 2. The van der Waals surface area contributed by atoms with Gasteiger partial charge in [0, 0.05) is 17.7 Å². The van der Waals surface area contributed by atoms with E-state index in [1.54, 1.807) is 19.1 Å². The Kier molecular flexibility index (Phi) is 8.64. The summed E-state index contributed by atoms with van der Waals surface area (Å²) in [7, 11) is 5.75. The number of ketones is 1. The molecule has 0 amide bonds. The summed E-state index contributed by atoms with van der Waals surface area (Å²) < 4.78 is 21.1. The normalized spacial score (nSPS) is 12.2. The molecule has 0 fully saturated rings. The van der Waals surface area contributed by atoms with Gasteiger partial charge in [0.25, 0.3) is 0 Å². The van der Waals surface area contributed by atoms with Gasteiger partial charge in [0.05, 0.1) is 34.0 Å². The summed E-state index contributed by atoms with van der Waals surface area (Å²) in [6, 6.07) is 13.0. The third-order valence-corrected chi connectivity index (χ3v) is 5.10. The average Bonchev–Trinajstić information content (AvgIpc) is 2.81. The van der Waals surface area contributed by atoms with Crippen LogP contribution in [0.1, 0.15) is 31.9 Å². The first kappa shape index (κ1) is 24.7. The summed E-state index contributed by atoms with van der Waals surface area (Å²) in [5.41, 5.74) is 2.56. The Bertz CT molecular complexity index is 1010. The van der Waals surface area contributed by atoms with E-state index in [0.717, 1.165) is 11.1 Å². The van der Waals surface area contributed by atoms with E-state index in [4.69, 9.17) is 18.9 Å². The average molecular weight is 439 g/mol. The molecule has 0 unspecified atom stereocenters. The van der Waals surface area contributed by atoms with Gasteiger partial charge in [-0.15, -0.1) is 0 Å². The van der Waals surface area contributed by atoms with Gasteiger partial charge in [-0.1, -0.05) is 44.2 Å². The molecular formula is C26H30O6. The zero-order valence-corrected chi connectivity index (χ0v) is 19.6. The van der Waals surface area contributed by atoms with Crippen LogP contribution in [0.2, 0.25) is 0 Å². The van der Waals surface area contributed by atoms with Crippen LogP contribution in [0.5, 0.6) is 17.2 Å². The summed E-state index contributed by atoms with van der Waals surface area (Å²) >= 11 is 0. The number of ether oxygens (including phenoxy) is 4. The van der Waals surface area contributed by atoms with Crippen LogP contribution in [-0.4, -0.2) is 40.2 Å². The molecule has 32 heavy (non-hydrogen) atoms. The van der Waals surface area contributed by atoms with Crippen molar-refractivity contribution in [3.05, 3.63) is 64.7 Å². The second-order valence-electron chi connectivity index (χ2n) is 7.38. The molecular weight excluding hydrogens is 408 g/mol.